The standard InChI is InChI=1S/C30H41N3O4/c1-2-22-9-10-28-24(17-22)26(19-30(37-28)11-6-12-30)31-20-27(34)25(18-23-7-4-3-5-8-23)32-29(35)21-33-13-15-36-16-14-33/h3-5,7-10,17,25-27,31,34H,2,6,11-16,18-21H2,1H3,(H,32,35)/t25-,26-,27+/m0/s1. The lowest BCUT2D eigenvalue weighted by atomic mass is 9.72. The number of nitrogens with one attached hydrogen (secondary N) is 2. The maximum atomic E-state index is 12.9. The van der Waals surface area contributed by atoms with Gasteiger partial charge in [-0.15, -0.1) is 0 Å². The highest BCUT2D eigenvalue weighted by atomic mass is 16.5. The third kappa shape index (κ3) is 6.52. The van der Waals surface area contributed by atoms with E-state index < -0.39 is 6.10 Å². The maximum Gasteiger partial charge on any atom is 0.234 e. The van der Waals surface area contributed by atoms with E-state index in [1.54, 1.807) is 0 Å². The second-order valence-corrected chi connectivity index (χ2v) is 10.8. The Balaban J connectivity index is 1.27. The Morgan fingerprint density at radius 2 is 1.92 bits per heavy atom. The Kier molecular flexibility index (Phi) is 8.45. The summed E-state index contributed by atoms with van der Waals surface area (Å²) in [6, 6.07) is 16.3. The molecular weight excluding hydrogens is 466 g/mol. The predicted octanol–water partition coefficient (Wildman–Crippen LogP) is 3.01. The molecule has 2 aromatic carbocycles. The number of nitrogens with zero attached hydrogens (tertiary/aromatic N) is 1. The summed E-state index contributed by atoms with van der Waals surface area (Å²) in [7, 11) is 0. The average molecular weight is 508 g/mol. The second-order valence-electron chi connectivity index (χ2n) is 10.8. The maximum absolute atomic E-state index is 12.9. The number of rotatable bonds is 10. The zero-order valence-electron chi connectivity index (χ0n) is 22.0. The van der Waals surface area contributed by atoms with Gasteiger partial charge in [-0.25, -0.2) is 0 Å². The topological polar surface area (TPSA) is 83.1 Å². The van der Waals surface area contributed by atoms with Crippen LogP contribution in [0.5, 0.6) is 5.75 Å². The molecule has 0 bridgehead atoms. The highest BCUT2D eigenvalue weighted by Crippen LogP contribution is 2.49. The summed E-state index contributed by atoms with van der Waals surface area (Å²) in [5.41, 5.74) is 3.48. The Hall–Kier alpha value is -2.45. The van der Waals surface area contributed by atoms with Crippen LogP contribution in [0.4, 0.5) is 0 Å². The van der Waals surface area contributed by atoms with Gasteiger partial charge in [-0.2, -0.15) is 0 Å². The van der Waals surface area contributed by atoms with Crippen LogP contribution < -0.4 is 15.4 Å². The number of ether oxygens (including phenoxy) is 2. The normalized spacial score (nSPS) is 22.4. The molecule has 7 nitrogen and oxygen atoms in total. The number of morpholine rings is 1. The Morgan fingerprint density at radius 3 is 2.62 bits per heavy atom. The fourth-order valence-electron chi connectivity index (χ4n) is 5.77. The van der Waals surface area contributed by atoms with Crippen molar-refractivity contribution in [3.63, 3.8) is 0 Å². The van der Waals surface area contributed by atoms with Gasteiger partial charge in [0.25, 0.3) is 0 Å². The molecule has 1 saturated carbocycles. The van der Waals surface area contributed by atoms with Crippen molar-refractivity contribution >= 4 is 5.91 Å². The largest absolute Gasteiger partial charge is 0.487 e. The molecule has 2 aromatic rings. The van der Waals surface area contributed by atoms with E-state index in [1.165, 1.54) is 17.5 Å². The monoisotopic (exact) mass is 507 g/mol. The minimum Gasteiger partial charge on any atom is -0.487 e. The zero-order valence-corrected chi connectivity index (χ0v) is 22.0. The van der Waals surface area contributed by atoms with Crippen molar-refractivity contribution in [2.24, 2.45) is 0 Å². The first-order valence-electron chi connectivity index (χ1n) is 13.9. The lowest BCUT2D eigenvalue weighted by Gasteiger charge is -2.48. The number of hydrogen-bond donors (Lipinski definition) is 3. The molecule has 2 fully saturated rings. The number of aliphatic hydroxyl groups excluding tert-OH is 1. The van der Waals surface area contributed by atoms with Crippen molar-refractivity contribution in [2.45, 2.75) is 69.2 Å². The van der Waals surface area contributed by atoms with Crippen LogP contribution in [0.1, 0.15) is 55.3 Å². The zero-order chi connectivity index (χ0) is 25.7. The molecule has 1 spiro atoms. The highest BCUT2D eigenvalue weighted by molar-refractivity contribution is 5.78. The van der Waals surface area contributed by atoms with Gasteiger partial charge in [-0.1, -0.05) is 49.4 Å². The van der Waals surface area contributed by atoms with E-state index in [0.717, 1.165) is 50.1 Å². The van der Waals surface area contributed by atoms with E-state index >= 15 is 0 Å². The lowest BCUT2D eigenvalue weighted by Crippen LogP contribution is -2.53. The summed E-state index contributed by atoms with van der Waals surface area (Å²) in [5.74, 6) is 0.911. The van der Waals surface area contributed by atoms with Gasteiger partial charge < -0.3 is 25.2 Å². The van der Waals surface area contributed by atoms with Crippen LogP contribution in [-0.4, -0.2) is 73.1 Å². The van der Waals surface area contributed by atoms with Gasteiger partial charge in [-0.05, 0) is 49.3 Å². The minimum atomic E-state index is -0.730. The number of amides is 1. The molecule has 1 saturated heterocycles. The van der Waals surface area contributed by atoms with Crippen molar-refractivity contribution in [1.29, 1.82) is 0 Å². The van der Waals surface area contributed by atoms with E-state index in [-0.39, 0.29) is 23.6 Å². The summed E-state index contributed by atoms with van der Waals surface area (Å²) in [6.07, 6.45) is 5.09. The number of fused-ring (bicyclic) bond motifs is 1. The molecule has 0 radical (unpaired) electrons. The van der Waals surface area contributed by atoms with E-state index in [9.17, 15) is 9.90 Å². The van der Waals surface area contributed by atoms with Crippen LogP contribution in [0.3, 0.4) is 0 Å². The Bertz CT molecular complexity index is 1040. The fraction of sp³-hybridized carbons (Fsp3) is 0.567. The fourth-order valence-corrected chi connectivity index (χ4v) is 5.77. The summed E-state index contributed by atoms with van der Waals surface area (Å²) in [4.78, 5) is 15.0. The molecule has 1 amide bonds. The number of carbonyl (C=O) groups is 1. The minimum absolute atomic E-state index is 0.0562. The molecule has 1 aliphatic carbocycles. The van der Waals surface area contributed by atoms with Crippen LogP contribution in [0, 0.1) is 0 Å². The van der Waals surface area contributed by atoms with Gasteiger partial charge in [0.15, 0.2) is 0 Å². The first kappa shape index (κ1) is 26.2. The van der Waals surface area contributed by atoms with Gasteiger partial charge in [0, 0.05) is 37.7 Å². The third-order valence-corrected chi connectivity index (χ3v) is 8.18. The third-order valence-electron chi connectivity index (χ3n) is 8.18. The molecule has 0 aromatic heterocycles. The highest BCUT2D eigenvalue weighted by Gasteiger charge is 2.45. The number of aliphatic hydroxyl groups is 1. The molecule has 200 valence electrons. The van der Waals surface area contributed by atoms with Crippen molar-refractivity contribution in [2.75, 3.05) is 39.4 Å². The molecule has 0 unspecified atom stereocenters. The molecule has 7 heteroatoms. The van der Waals surface area contributed by atoms with E-state index in [4.69, 9.17) is 9.47 Å². The van der Waals surface area contributed by atoms with Gasteiger partial charge >= 0.3 is 0 Å². The number of aryl methyl sites for hydroxylation is 1. The number of carbonyl (C=O) groups excluding carboxylic acids is 1. The number of hydrogen-bond acceptors (Lipinski definition) is 6. The van der Waals surface area contributed by atoms with Crippen molar-refractivity contribution in [3.05, 3.63) is 65.2 Å². The predicted molar refractivity (Wildman–Crippen MR) is 144 cm³/mol. The SMILES string of the molecule is CCc1ccc2c(c1)[C@@H](NC[C@@H](O)[C@H](Cc1ccccc1)NC(=O)CN1CCOCC1)CC1(CCC1)O2. The van der Waals surface area contributed by atoms with E-state index in [0.29, 0.717) is 32.7 Å². The van der Waals surface area contributed by atoms with Crippen LogP contribution in [0.2, 0.25) is 0 Å². The van der Waals surface area contributed by atoms with E-state index in [1.807, 2.05) is 30.3 Å². The molecule has 3 N–H and O–H groups in total. The molecule has 2 aliphatic heterocycles. The van der Waals surface area contributed by atoms with Gasteiger partial charge in [0.2, 0.25) is 5.91 Å². The van der Waals surface area contributed by atoms with Crippen molar-refractivity contribution in [1.82, 2.24) is 15.5 Å². The average Bonchev–Trinajstić information content (AvgIpc) is 2.91. The smallest absolute Gasteiger partial charge is 0.234 e. The first-order valence-corrected chi connectivity index (χ1v) is 13.9. The van der Waals surface area contributed by atoms with Crippen molar-refractivity contribution < 1.29 is 19.4 Å². The Labute approximate surface area is 220 Å². The summed E-state index contributed by atoms with van der Waals surface area (Å²) in [5, 5.41) is 18.2. The molecule has 5 rings (SSSR count). The van der Waals surface area contributed by atoms with Crippen LogP contribution in [-0.2, 0) is 22.4 Å². The number of benzene rings is 2. The summed E-state index contributed by atoms with van der Waals surface area (Å²) < 4.78 is 11.9. The van der Waals surface area contributed by atoms with Gasteiger partial charge in [-0.3, -0.25) is 9.69 Å². The van der Waals surface area contributed by atoms with Gasteiger partial charge in [0.05, 0.1) is 31.9 Å². The second kappa shape index (κ2) is 11.9. The molecule has 2 heterocycles. The molecule has 3 atom stereocenters. The Morgan fingerprint density at radius 1 is 1.14 bits per heavy atom. The molecular formula is C30H41N3O4. The van der Waals surface area contributed by atoms with Crippen LogP contribution in [0.25, 0.3) is 0 Å². The summed E-state index contributed by atoms with van der Waals surface area (Å²) >= 11 is 0. The van der Waals surface area contributed by atoms with Crippen molar-refractivity contribution in [3.8, 4) is 5.75 Å². The van der Waals surface area contributed by atoms with Gasteiger partial charge in [0.1, 0.15) is 11.4 Å². The quantitative estimate of drug-likeness (QED) is 0.459. The van der Waals surface area contributed by atoms with Crippen LogP contribution in [0.15, 0.2) is 48.5 Å². The lowest BCUT2D eigenvalue weighted by molar-refractivity contribution is -0.124. The summed E-state index contributed by atoms with van der Waals surface area (Å²) in [6.45, 7) is 5.70. The molecule has 37 heavy (non-hydrogen) atoms. The van der Waals surface area contributed by atoms with Crippen LogP contribution >= 0.6 is 0 Å². The van der Waals surface area contributed by atoms with E-state index in [2.05, 4.69) is 40.7 Å². The molecule has 3 aliphatic rings. The first-order chi connectivity index (χ1) is 18.0.